The summed E-state index contributed by atoms with van der Waals surface area (Å²) in [5.41, 5.74) is 0.327. The van der Waals surface area contributed by atoms with Crippen molar-refractivity contribution in [2.45, 2.75) is 18.1 Å². The lowest BCUT2D eigenvalue weighted by atomic mass is 10.2. The number of nitro groups is 1. The number of hydrogen-bond donors (Lipinski definition) is 0. The van der Waals surface area contributed by atoms with Gasteiger partial charge in [-0.15, -0.1) is 11.8 Å². The first-order valence-corrected chi connectivity index (χ1v) is 5.56. The molecule has 0 saturated carbocycles. The van der Waals surface area contributed by atoms with Crippen LogP contribution in [0, 0.1) is 10.1 Å². The van der Waals surface area contributed by atoms with E-state index >= 15 is 0 Å². The maximum absolute atomic E-state index is 10.7. The average molecular weight is 240 g/mol. The van der Waals surface area contributed by atoms with Gasteiger partial charge in [0.25, 0.3) is 5.69 Å². The predicted octanol–water partition coefficient (Wildman–Crippen LogP) is 2.26. The van der Waals surface area contributed by atoms with E-state index in [1.165, 1.54) is 24.3 Å². The molecule has 0 saturated heterocycles. The zero-order valence-electron chi connectivity index (χ0n) is 8.58. The van der Waals surface area contributed by atoms with Crippen LogP contribution in [0.2, 0.25) is 0 Å². The van der Waals surface area contributed by atoms with Gasteiger partial charge in [0.05, 0.1) is 4.92 Å². The lowest BCUT2D eigenvalue weighted by Crippen LogP contribution is -2.02. The molecule has 0 N–H and O–H groups in total. The molecule has 0 aromatic heterocycles. The third-order valence-corrected chi connectivity index (χ3v) is 2.92. The van der Waals surface area contributed by atoms with E-state index in [1.54, 1.807) is 25.1 Å². The summed E-state index contributed by atoms with van der Waals surface area (Å²) >= 11 is 1.30. The molecule has 0 heterocycles. The van der Waals surface area contributed by atoms with E-state index in [2.05, 4.69) is 4.74 Å². The number of ether oxygens (including phenoxy) is 1. The molecule has 0 bridgehead atoms. The molecule has 0 aliphatic carbocycles. The summed E-state index contributed by atoms with van der Waals surface area (Å²) < 4.78 is 4.55. The van der Waals surface area contributed by atoms with Crippen molar-refractivity contribution in [1.82, 2.24) is 0 Å². The molecule has 0 spiro atoms. The molecule has 1 unspecified atom stereocenters. The van der Waals surface area contributed by atoms with Crippen molar-refractivity contribution in [3.63, 3.8) is 0 Å². The van der Waals surface area contributed by atoms with Gasteiger partial charge in [0.1, 0.15) is 5.44 Å². The van der Waals surface area contributed by atoms with Gasteiger partial charge in [-0.2, -0.15) is 0 Å². The number of nitro benzene ring substituents is 1. The average Bonchev–Trinajstić information content (AvgIpc) is 2.27. The third kappa shape index (κ3) is 3.54. The summed E-state index contributed by atoms with van der Waals surface area (Å²) in [6, 6.07) is 6.49. The number of nitrogens with zero attached hydrogens (tertiary/aromatic N) is 1. The van der Waals surface area contributed by atoms with Crippen LogP contribution in [0.5, 0.6) is 0 Å². The van der Waals surface area contributed by atoms with Crippen LogP contribution < -0.4 is 0 Å². The number of benzene rings is 1. The molecule has 85 valence electrons. The van der Waals surface area contributed by atoms with Gasteiger partial charge < -0.3 is 4.74 Å². The van der Waals surface area contributed by atoms with Crippen LogP contribution in [0.1, 0.15) is 12.5 Å². The molecule has 5 nitrogen and oxygen atoms in total. The first kappa shape index (κ1) is 12.5. The number of thioether (sulfide) groups is 1. The largest absolute Gasteiger partial charge is 0.443 e. The van der Waals surface area contributed by atoms with Crippen molar-refractivity contribution in [3.05, 3.63) is 39.9 Å². The van der Waals surface area contributed by atoms with Crippen molar-refractivity contribution in [3.8, 4) is 0 Å². The van der Waals surface area contributed by atoms with Gasteiger partial charge in [-0.25, -0.2) is 4.79 Å². The Labute approximate surface area is 96.9 Å². The minimum atomic E-state index is -0.423. The standard InChI is InChI=1S/C10H10NO4S/c1-8(15-7-12)16-6-9-4-2-3-5-10(9)11(13)14/h2-5,8H,6H2,1H3. The SMILES string of the molecule is CC(O[C]=O)SCc1ccccc1[N+](=O)[O-]. The van der Waals surface area contributed by atoms with Crippen LogP contribution in [0.15, 0.2) is 24.3 Å². The van der Waals surface area contributed by atoms with Gasteiger partial charge in [0, 0.05) is 17.4 Å². The van der Waals surface area contributed by atoms with Crippen LogP contribution in [-0.4, -0.2) is 16.8 Å². The van der Waals surface area contributed by atoms with Gasteiger partial charge >= 0.3 is 6.47 Å². The summed E-state index contributed by atoms with van der Waals surface area (Å²) in [5, 5.41) is 10.7. The fourth-order valence-electron chi connectivity index (χ4n) is 1.12. The van der Waals surface area contributed by atoms with Crippen molar-refractivity contribution in [2.75, 3.05) is 0 Å². The van der Waals surface area contributed by atoms with Crippen LogP contribution in [0.4, 0.5) is 5.69 Å². The van der Waals surface area contributed by atoms with Crippen molar-refractivity contribution in [1.29, 1.82) is 0 Å². The molecular formula is C10H10NO4S. The molecule has 6 heteroatoms. The Morgan fingerprint density at radius 2 is 2.25 bits per heavy atom. The van der Waals surface area contributed by atoms with E-state index in [-0.39, 0.29) is 11.1 Å². The van der Waals surface area contributed by atoms with Gasteiger partial charge in [0.2, 0.25) is 0 Å². The second-order valence-corrected chi connectivity index (χ2v) is 4.25. The maximum atomic E-state index is 10.7. The highest BCUT2D eigenvalue weighted by Gasteiger charge is 2.13. The molecule has 0 amide bonds. The Kier molecular flexibility index (Phi) is 4.78. The van der Waals surface area contributed by atoms with E-state index in [0.717, 1.165) is 0 Å². The summed E-state index contributed by atoms with van der Waals surface area (Å²) in [6.45, 7) is 3.02. The first-order valence-electron chi connectivity index (χ1n) is 4.52. The molecule has 1 radical (unpaired) electrons. The smallest absolute Gasteiger partial charge is 0.418 e. The van der Waals surface area contributed by atoms with E-state index in [4.69, 9.17) is 0 Å². The van der Waals surface area contributed by atoms with Gasteiger partial charge in [-0.1, -0.05) is 18.2 Å². The summed E-state index contributed by atoms with van der Waals surface area (Å²) in [5.74, 6) is 0.417. The molecular weight excluding hydrogens is 230 g/mol. The van der Waals surface area contributed by atoms with Crippen molar-refractivity contribution in [2.24, 2.45) is 0 Å². The molecule has 16 heavy (non-hydrogen) atoms. The lowest BCUT2D eigenvalue weighted by Gasteiger charge is -2.08. The minimum absolute atomic E-state index is 0.0808. The number of hydrogen-bond acceptors (Lipinski definition) is 5. The van der Waals surface area contributed by atoms with E-state index < -0.39 is 4.92 Å². The van der Waals surface area contributed by atoms with Crippen molar-refractivity contribution >= 4 is 23.9 Å². The maximum Gasteiger partial charge on any atom is 0.418 e. The van der Waals surface area contributed by atoms with Gasteiger partial charge in [0.15, 0.2) is 0 Å². The highest BCUT2D eigenvalue weighted by atomic mass is 32.2. The Morgan fingerprint density at radius 3 is 2.88 bits per heavy atom. The van der Waals surface area contributed by atoms with E-state index in [1.807, 2.05) is 0 Å². The number of rotatable bonds is 6. The highest BCUT2D eigenvalue weighted by Crippen LogP contribution is 2.25. The van der Waals surface area contributed by atoms with E-state index in [0.29, 0.717) is 11.3 Å². The molecule has 1 atom stereocenters. The fraction of sp³-hybridized carbons (Fsp3) is 0.300. The molecule has 0 fully saturated rings. The van der Waals surface area contributed by atoms with Crippen LogP contribution in [-0.2, 0) is 15.3 Å². The summed E-state index contributed by atoms with van der Waals surface area (Å²) in [7, 11) is 0. The highest BCUT2D eigenvalue weighted by molar-refractivity contribution is 7.99. The zero-order valence-corrected chi connectivity index (χ0v) is 9.40. The number of para-hydroxylation sites is 1. The van der Waals surface area contributed by atoms with Crippen LogP contribution in [0.25, 0.3) is 0 Å². The van der Waals surface area contributed by atoms with Crippen LogP contribution >= 0.6 is 11.8 Å². The first-order chi connectivity index (χ1) is 7.65. The quantitative estimate of drug-likeness (QED) is 0.433. The summed E-state index contributed by atoms with van der Waals surface area (Å²) in [4.78, 5) is 20.2. The Hall–Kier alpha value is -1.56. The summed E-state index contributed by atoms with van der Waals surface area (Å²) in [6.07, 6.45) is 0. The van der Waals surface area contributed by atoms with Crippen LogP contribution in [0.3, 0.4) is 0 Å². The molecule has 1 aromatic rings. The fourth-order valence-corrected chi connectivity index (χ4v) is 1.89. The van der Waals surface area contributed by atoms with E-state index in [9.17, 15) is 14.9 Å². The molecule has 1 rings (SSSR count). The molecule has 0 aliphatic heterocycles. The third-order valence-electron chi connectivity index (χ3n) is 1.88. The van der Waals surface area contributed by atoms with Crippen molar-refractivity contribution < 1.29 is 14.5 Å². The minimum Gasteiger partial charge on any atom is -0.443 e. The predicted molar refractivity (Wildman–Crippen MR) is 60.6 cm³/mol. The Bertz CT molecular complexity index is 383. The second kappa shape index (κ2) is 6.12. The normalized spacial score (nSPS) is 11.8. The number of carbonyl (C=O) groups excluding carboxylic acids is 1. The lowest BCUT2D eigenvalue weighted by molar-refractivity contribution is -0.385. The Morgan fingerprint density at radius 1 is 1.56 bits per heavy atom. The topological polar surface area (TPSA) is 69.4 Å². The molecule has 0 aliphatic rings. The second-order valence-electron chi connectivity index (χ2n) is 2.97. The van der Waals surface area contributed by atoms with Gasteiger partial charge in [-0.05, 0) is 6.92 Å². The Balaban J connectivity index is 2.66. The van der Waals surface area contributed by atoms with Gasteiger partial charge in [-0.3, -0.25) is 10.1 Å². The monoisotopic (exact) mass is 240 g/mol. The zero-order chi connectivity index (χ0) is 12.0. The molecule has 1 aromatic carbocycles.